The molecule has 1 N–H and O–H groups in total. The second-order valence-electron chi connectivity index (χ2n) is 8.62. The van der Waals surface area contributed by atoms with Crippen molar-refractivity contribution in [3.05, 3.63) is 12.2 Å². The van der Waals surface area contributed by atoms with Gasteiger partial charge in [0, 0.05) is 32.1 Å². The second kappa shape index (κ2) is 11.5. The highest BCUT2D eigenvalue weighted by Crippen LogP contribution is 2.46. The lowest BCUT2D eigenvalue weighted by atomic mass is 9.87. The third-order valence-electron chi connectivity index (χ3n) is 6.08. The van der Waals surface area contributed by atoms with Crippen molar-refractivity contribution in [3.8, 4) is 11.8 Å². The lowest BCUT2D eigenvalue weighted by Gasteiger charge is -2.23. The largest absolute Gasteiger partial charge is 0.469 e. The topological polar surface area (TPSA) is 82.1 Å². The molecule has 1 saturated carbocycles. The van der Waals surface area contributed by atoms with Crippen molar-refractivity contribution in [2.45, 2.75) is 96.1 Å². The molecule has 6 nitrogen and oxygen atoms in total. The molecule has 6 heteroatoms. The van der Waals surface area contributed by atoms with Gasteiger partial charge in [-0.1, -0.05) is 18.6 Å². The van der Waals surface area contributed by atoms with Crippen LogP contribution in [0.15, 0.2) is 12.2 Å². The minimum atomic E-state index is -0.949. The first-order chi connectivity index (χ1) is 14.3. The van der Waals surface area contributed by atoms with Gasteiger partial charge in [0.15, 0.2) is 0 Å². The second-order valence-corrected chi connectivity index (χ2v) is 8.62. The summed E-state index contributed by atoms with van der Waals surface area (Å²) < 4.78 is 16.5. The van der Waals surface area contributed by atoms with Gasteiger partial charge in [-0.25, -0.2) is 0 Å². The number of hydrogen-bond acceptors (Lipinski definition) is 6. The Kier molecular flexibility index (Phi) is 9.38. The van der Waals surface area contributed by atoms with Crippen molar-refractivity contribution < 1.29 is 28.9 Å². The van der Waals surface area contributed by atoms with Crippen LogP contribution in [0.4, 0.5) is 0 Å². The smallest absolute Gasteiger partial charge is 0.305 e. The van der Waals surface area contributed by atoms with Crippen LogP contribution in [0, 0.1) is 23.7 Å². The number of unbranched alkanes of at least 4 members (excludes halogenated alkanes) is 1. The van der Waals surface area contributed by atoms with Gasteiger partial charge in [0.05, 0.1) is 24.9 Å². The fourth-order valence-electron chi connectivity index (χ4n) is 4.53. The van der Waals surface area contributed by atoms with Gasteiger partial charge in [-0.2, -0.15) is 0 Å². The van der Waals surface area contributed by atoms with Crippen molar-refractivity contribution >= 4 is 11.9 Å². The Morgan fingerprint density at radius 2 is 2.07 bits per heavy atom. The van der Waals surface area contributed by atoms with E-state index < -0.39 is 5.60 Å². The summed E-state index contributed by atoms with van der Waals surface area (Å²) in [5.74, 6) is 5.66. The molecule has 0 radical (unpaired) electrons. The van der Waals surface area contributed by atoms with Crippen molar-refractivity contribution in [2.75, 3.05) is 7.11 Å². The molecule has 2 aliphatic rings. The summed E-state index contributed by atoms with van der Waals surface area (Å²) in [7, 11) is 1.41. The number of carbonyl (C=O) groups is 2. The Morgan fingerprint density at radius 3 is 2.73 bits per heavy atom. The lowest BCUT2D eigenvalue weighted by Crippen LogP contribution is -2.26. The number of methoxy groups -OCH3 is 1. The van der Waals surface area contributed by atoms with Gasteiger partial charge < -0.3 is 19.3 Å². The minimum absolute atomic E-state index is 0.0303. The summed E-state index contributed by atoms with van der Waals surface area (Å²) in [5, 5.41) is 10.6. The van der Waals surface area contributed by atoms with E-state index in [1.807, 2.05) is 12.2 Å². The molecular formula is C24H36O6. The first kappa shape index (κ1) is 24.4. The third-order valence-corrected chi connectivity index (χ3v) is 6.08. The van der Waals surface area contributed by atoms with Crippen molar-refractivity contribution in [3.63, 3.8) is 0 Å². The van der Waals surface area contributed by atoms with E-state index in [1.165, 1.54) is 14.0 Å². The van der Waals surface area contributed by atoms with E-state index in [-0.39, 0.29) is 42.1 Å². The summed E-state index contributed by atoms with van der Waals surface area (Å²) in [6.45, 7) is 5.00. The molecule has 6 atom stereocenters. The molecule has 0 bridgehead atoms. The maximum absolute atomic E-state index is 11.6. The monoisotopic (exact) mass is 420 g/mol. The molecule has 30 heavy (non-hydrogen) atoms. The van der Waals surface area contributed by atoms with Crippen LogP contribution in [0.25, 0.3) is 0 Å². The number of fused-ring (bicyclic) bond motifs is 1. The molecule has 0 aromatic carbocycles. The zero-order valence-corrected chi connectivity index (χ0v) is 18.7. The number of aliphatic hydroxyl groups is 1. The quantitative estimate of drug-likeness (QED) is 0.252. The SMILES string of the molecule is CC#CCCC(C)(O)/C=C/[C@H]1C(OC(C)=O)C[C@@H]2O[C@H](CCCCC(=O)OC)C[C@@H]21. The molecule has 0 aromatic rings. The maximum Gasteiger partial charge on any atom is 0.305 e. The van der Waals surface area contributed by atoms with E-state index in [0.717, 1.165) is 25.7 Å². The Labute approximate surface area is 180 Å². The van der Waals surface area contributed by atoms with Gasteiger partial charge in [0.1, 0.15) is 6.10 Å². The maximum atomic E-state index is 11.6. The van der Waals surface area contributed by atoms with E-state index in [1.54, 1.807) is 13.8 Å². The number of esters is 2. The molecule has 1 aliphatic carbocycles. The molecule has 0 spiro atoms. The van der Waals surface area contributed by atoms with E-state index in [9.17, 15) is 14.7 Å². The van der Waals surface area contributed by atoms with Gasteiger partial charge in [-0.05, 0) is 45.4 Å². The van der Waals surface area contributed by atoms with Crippen LogP contribution in [-0.4, -0.2) is 48.1 Å². The summed E-state index contributed by atoms with van der Waals surface area (Å²) in [6.07, 6.45) is 9.68. The summed E-state index contributed by atoms with van der Waals surface area (Å²) in [6, 6.07) is 0. The predicted octanol–water partition coefficient (Wildman–Crippen LogP) is 3.56. The Bertz CT molecular complexity index is 671. The Hall–Kier alpha value is -1.84. The number of ether oxygens (including phenoxy) is 3. The van der Waals surface area contributed by atoms with E-state index in [4.69, 9.17) is 9.47 Å². The van der Waals surface area contributed by atoms with Crippen molar-refractivity contribution in [1.29, 1.82) is 0 Å². The fourth-order valence-corrected chi connectivity index (χ4v) is 4.53. The van der Waals surface area contributed by atoms with Crippen molar-refractivity contribution in [2.24, 2.45) is 11.8 Å². The minimum Gasteiger partial charge on any atom is -0.469 e. The van der Waals surface area contributed by atoms with Gasteiger partial charge in [-0.15, -0.1) is 11.8 Å². The Morgan fingerprint density at radius 1 is 1.30 bits per heavy atom. The molecule has 2 rings (SSSR count). The molecule has 0 amide bonds. The molecule has 168 valence electrons. The van der Waals surface area contributed by atoms with Crippen LogP contribution in [-0.2, 0) is 23.8 Å². The Balaban J connectivity index is 1.95. The first-order valence-corrected chi connectivity index (χ1v) is 11.0. The van der Waals surface area contributed by atoms with Crippen molar-refractivity contribution in [1.82, 2.24) is 0 Å². The molecule has 1 saturated heterocycles. The van der Waals surface area contributed by atoms with Crippen LogP contribution in [0.5, 0.6) is 0 Å². The van der Waals surface area contributed by atoms with E-state index in [0.29, 0.717) is 25.7 Å². The van der Waals surface area contributed by atoms with Crippen LogP contribution in [0.3, 0.4) is 0 Å². The summed E-state index contributed by atoms with van der Waals surface area (Å²) in [4.78, 5) is 22.8. The molecule has 1 heterocycles. The van der Waals surface area contributed by atoms with E-state index >= 15 is 0 Å². The average Bonchev–Trinajstić information content (AvgIpc) is 3.20. The van der Waals surface area contributed by atoms with Gasteiger partial charge in [0.25, 0.3) is 0 Å². The molecule has 2 fully saturated rings. The van der Waals surface area contributed by atoms with Gasteiger partial charge in [0.2, 0.25) is 0 Å². The molecule has 2 unspecified atom stereocenters. The van der Waals surface area contributed by atoms with Crippen LogP contribution in [0.1, 0.15) is 72.1 Å². The highest BCUT2D eigenvalue weighted by molar-refractivity contribution is 5.69. The highest BCUT2D eigenvalue weighted by Gasteiger charge is 2.49. The average molecular weight is 421 g/mol. The summed E-state index contributed by atoms with van der Waals surface area (Å²) >= 11 is 0. The molecule has 1 aliphatic heterocycles. The molecular weight excluding hydrogens is 384 g/mol. The fraction of sp³-hybridized carbons (Fsp3) is 0.750. The zero-order valence-electron chi connectivity index (χ0n) is 18.7. The highest BCUT2D eigenvalue weighted by atomic mass is 16.6. The lowest BCUT2D eigenvalue weighted by molar-refractivity contribution is -0.148. The predicted molar refractivity (Wildman–Crippen MR) is 113 cm³/mol. The number of hydrogen-bond donors (Lipinski definition) is 1. The molecule has 0 aromatic heterocycles. The summed E-state index contributed by atoms with van der Waals surface area (Å²) in [5.41, 5.74) is -0.949. The number of carbonyl (C=O) groups excluding carboxylic acids is 2. The third kappa shape index (κ3) is 7.45. The first-order valence-electron chi connectivity index (χ1n) is 11.0. The normalized spacial score (nSPS) is 29.7. The van der Waals surface area contributed by atoms with Crippen LogP contribution < -0.4 is 0 Å². The number of rotatable bonds is 10. The van der Waals surface area contributed by atoms with Crippen LogP contribution in [0.2, 0.25) is 0 Å². The van der Waals surface area contributed by atoms with E-state index in [2.05, 4.69) is 16.6 Å². The standard InChI is InChI=1S/C24H36O6/c1-5-6-9-13-24(3,27)14-12-19-20-15-18(10-7-8-11-23(26)28-4)30-22(20)16-21(19)29-17(2)25/h12,14,18-22,27H,7-11,13,15-16H2,1-4H3/b14-12+/t18-,19-,20-,21?,22+,24?/m1/s1. The van der Waals surface area contributed by atoms with Gasteiger partial charge >= 0.3 is 11.9 Å². The zero-order chi connectivity index (χ0) is 22.1. The van der Waals surface area contributed by atoms with Gasteiger partial charge in [-0.3, -0.25) is 9.59 Å². The van der Waals surface area contributed by atoms with Crippen LogP contribution >= 0.6 is 0 Å².